The molecule has 0 fully saturated rings. The SMILES string of the molecule is NCC(O)CCSc1ccc(F)cc1. The Morgan fingerprint density at radius 1 is 1.36 bits per heavy atom. The van der Waals surface area contributed by atoms with Crippen LogP contribution in [-0.4, -0.2) is 23.5 Å². The molecular weight excluding hydrogens is 201 g/mol. The van der Waals surface area contributed by atoms with Crippen molar-refractivity contribution in [3.05, 3.63) is 30.1 Å². The summed E-state index contributed by atoms with van der Waals surface area (Å²) in [4.78, 5) is 1.01. The Kier molecular flexibility index (Phi) is 4.93. The van der Waals surface area contributed by atoms with Gasteiger partial charge < -0.3 is 10.8 Å². The topological polar surface area (TPSA) is 46.2 Å². The second kappa shape index (κ2) is 6.01. The van der Waals surface area contributed by atoms with E-state index >= 15 is 0 Å². The van der Waals surface area contributed by atoms with E-state index in [0.29, 0.717) is 13.0 Å². The van der Waals surface area contributed by atoms with Gasteiger partial charge in [0.25, 0.3) is 0 Å². The van der Waals surface area contributed by atoms with Gasteiger partial charge in [0.05, 0.1) is 6.10 Å². The van der Waals surface area contributed by atoms with Gasteiger partial charge in [0.15, 0.2) is 0 Å². The number of hydrogen-bond acceptors (Lipinski definition) is 3. The van der Waals surface area contributed by atoms with Gasteiger partial charge in [-0.25, -0.2) is 4.39 Å². The minimum absolute atomic E-state index is 0.226. The van der Waals surface area contributed by atoms with Gasteiger partial charge in [-0.3, -0.25) is 0 Å². The predicted molar refractivity (Wildman–Crippen MR) is 56.8 cm³/mol. The van der Waals surface area contributed by atoms with E-state index < -0.39 is 6.10 Å². The average Bonchev–Trinajstić information content (AvgIpc) is 2.21. The van der Waals surface area contributed by atoms with Crippen LogP contribution in [0.5, 0.6) is 0 Å². The number of benzene rings is 1. The molecule has 0 spiro atoms. The van der Waals surface area contributed by atoms with Gasteiger partial charge in [0.2, 0.25) is 0 Å². The molecule has 0 aromatic heterocycles. The monoisotopic (exact) mass is 215 g/mol. The third-order valence-electron chi connectivity index (χ3n) is 1.81. The zero-order valence-corrected chi connectivity index (χ0v) is 8.64. The summed E-state index contributed by atoms with van der Waals surface area (Å²) in [5.74, 6) is 0.570. The number of aliphatic hydroxyl groups excluding tert-OH is 1. The zero-order chi connectivity index (χ0) is 10.4. The Morgan fingerprint density at radius 2 is 2.00 bits per heavy atom. The van der Waals surface area contributed by atoms with Crippen LogP contribution in [0.25, 0.3) is 0 Å². The lowest BCUT2D eigenvalue weighted by Crippen LogP contribution is -2.19. The van der Waals surface area contributed by atoms with Gasteiger partial charge in [-0.1, -0.05) is 0 Å². The molecule has 0 aliphatic heterocycles. The first-order valence-corrected chi connectivity index (χ1v) is 5.47. The van der Waals surface area contributed by atoms with Gasteiger partial charge in [0.1, 0.15) is 5.82 Å². The maximum atomic E-state index is 12.5. The number of aliphatic hydroxyl groups is 1. The van der Waals surface area contributed by atoms with E-state index in [9.17, 15) is 9.50 Å². The molecule has 0 aliphatic carbocycles. The number of thioether (sulfide) groups is 1. The lowest BCUT2D eigenvalue weighted by molar-refractivity contribution is 0.180. The van der Waals surface area contributed by atoms with Crippen LogP contribution < -0.4 is 5.73 Å². The van der Waals surface area contributed by atoms with Crippen LogP contribution in [0.2, 0.25) is 0 Å². The van der Waals surface area contributed by atoms with Crippen LogP contribution in [0.4, 0.5) is 4.39 Å². The van der Waals surface area contributed by atoms with Gasteiger partial charge in [-0.2, -0.15) is 0 Å². The highest BCUT2D eigenvalue weighted by molar-refractivity contribution is 7.99. The molecule has 2 nitrogen and oxygen atoms in total. The lowest BCUT2D eigenvalue weighted by atomic mass is 10.3. The molecule has 0 saturated carbocycles. The molecular formula is C10H14FNOS. The van der Waals surface area contributed by atoms with Crippen molar-refractivity contribution in [1.82, 2.24) is 0 Å². The van der Waals surface area contributed by atoms with E-state index in [-0.39, 0.29) is 5.82 Å². The molecule has 4 heteroatoms. The second-order valence-corrected chi connectivity index (χ2v) is 4.15. The average molecular weight is 215 g/mol. The summed E-state index contributed by atoms with van der Waals surface area (Å²) in [6, 6.07) is 6.33. The summed E-state index contributed by atoms with van der Waals surface area (Å²) in [7, 11) is 0. The minimum Gasteiger partial charge on any atom is -0.392 e. The van der Waals surface area contributed by atoms with Crippen LogP contribution in [0, 0.1) is 5.82 Å². The summed E-state index contributed by atoms with van der Waals surface area (Å²) in [5, 5.41) is 9.18. The van der Waals surface area contributed by atoms with Crippen LogP contribution >= 0.6 is 11.8 Å². The van der Waals surface area contributed by atoms with Crippen molar-refractivity contribution in [3.8, 4) is 0 Å². The van der Waals surface area contributed by atoms with E-state index in [4.69, 9.17) is 5.73 Å². The van der Waals surface area contributed by atoms with E-state index in [2.05, 4.69) is 0 Å². The third kappa shape index (κ3) is 4.09. The summed E-state index contributed by atoms with van der Waals surface area (Å²) >= 11 is 1.59. The fourth-order valence-electron chi connectivity index (χ4n) is 0.961. The summed E-state index contributed by atoms with van der Waals surface area (Å²) in [6.45, 7) is 0.296. The van der Waals surface area contributed by atoms with Crippen LogP contribution in [0.3, 0.4) is 0 Å². The van der Waals surface area contributed by atoms with Crippen molar-refractivity contribution >= 4 is 11.8 Å². The second-order valence-electron chi connectivity index (χ2n) is 2.98. The molecule has 3 N–H and O–H groups in total. The fourth-order valence-corrected chi connectivity index (χ4v) is 1.92. The van der Waals surface area contributed by atoms with Gasteiger partial charge in [-0.15, -0.1) is 11.8 Å². The minimum atomic E-state index is -0.428. The molecule has 0 amide bonds. The maximum absolute atomic E-state index is 12.5. The van der Waals surface area contributed by atoms with E-state index in [1.54, 1.807) is 23.9 Å². The number of halogens is 1. The first kappa shape index (κ1) is 11.5. The Bertz CT molecular complexity index is 265. The Hall–Kier alpha value is -0.580. The third-order valence-corrected chi connectivity index (χ3v) is 2.85. The van der Waals surface area contributed by atoms with E-state index in [1.165, 1.54) is 12.1 Å². The van der Waals surface area contributed by atoms with Crippen molar-refractivity contribution < 1.29 is 9.50 Å². The number of nitrogens with two attached hydrogens (primary N) is 1. The maximum Gasteiger partial charge on any atom is 0.123 e. The van der Waals surface area contributed by atoms with Crippen LogP contribution in [-0.2, 0) is 0 Å². The standard InChI is InChI=1S/C10H14FNOS/c11-8-1-3-10(4-2-8)14-6-5-9(13)7-12/h1-4,9,13H,5-7,12H2. The lowest BCUT2D eigenvalue weighted by Gasteiger charge is -2.06. The van der Waals surface area contributed by atoms with Crippen molar-refractivity contribution in [2.75, 3.05) is 12.3 Å². The fraction of sp³-hybridized carbons (Fsp3) is 0.400. The molecule has 0 aliphatic rings. The number of rotatable bonds is 5. The molecule has 0 radical (unpaired) electrons. The Morgan fingerprint density at radius 3 is 2.57 bits per heavy atom. The van der Waals surface area contributed by atoms with Gasteiger partial charge in [-0.05, 0) is 30.7 Å². The highest BCUT2D eigenvalue weighted by atomic mass is 32.2. The highest BCUT2D eigenvalue weighted by Crippen LogP contribution is 2.19. The summed E-state index contributed by atoms with van der Waals surface area (Å²) in [5.41, 5.74) is 5.26. The molecule has 0 heterocycles. The normalized spacial score (nSPS) is 12.8. The molecule has 14 heavy (non-hydrogen) atoms. The Labute approximate surface area is 87.3 Å². The van der Waals surface area contributed by atoms with Crippen molar-refractivity contribution in [2.45, 2.75) is 17.4 Å². The summed E-state index contributed by atoms with van der Waals surface area (Å²) < 4.78 is 12.5. The largest absolute Gasteiger partial charge is 0.392 e. The van der Waals surface area contributed by atoms with Crippen LogP contribution in [0.15, 0.2) is 29.2 Å². The zero-order valence-electron chi connectivity index (χ0n) is 7.82. The first-order valence-electron chi connectivity index (χ1n) is 4.49. The molecule has 1 aromatic carbocycles. The van der Waals surface area contributed by atoms with E-state index in [0.717, 1.165) is 10.6 Å². The molecule has 0 bridgehead atoms. The Balaban J connectivity index is 2.28. The number of hydrogen-bond donors (Lipinski definition) is 2. The first-order chi connectivity index (χ1) is 6.72. The van der Waals surface area contributed by atoms with Crippen molar-refractivity contribution in [3.63, 3.8) is 0 Å². The molecule has 1 rings (SSSR count). The predicted octanol–water partition coefficient (Wildman–Crippen LogP) is 1.63. The summed E-state index contributed by atoms with van der Waals surface area (Å²) in [6.07, 6.45) is 0.237. The van der Waals surface area contributed by atoms with Crippen LogP contribution in [0.1, 0.15) is 6.42 Å². The molecule has 78 valence electrons. The smallest absolute Gasteiger partial charge is 0.123 e. The molecule has 1 aromatic rings. The van der Waals surface area contributed by atoms with Crippen molar-refractivity contribution in [2.24, 2.45) is 5.73 Å². The van der Waals surface area contributed by atoms with Gasteiger partial charge >= 0.3 is 0 Å². The van der Waals surface area contributed by atoms with Crippen molar-refractivity contribution in [1.29, 1.82) is 0 Å². The molecule has 0 saturated heterocycles. The molecule has 1 atom stereocenters. The van der Waals surface area contributed by atoms with Gasteiger partial charge in [0, 0.05) is 17.2 Å². The van der Waals surface area contributed by atoms with E-state index in [1.807, 2.05) is 0 Å². The highest BCUT2D eigenvalue weighted by Gasteiger charge is 2.01. The molecule has 1 unspecified atom stereocenters. The quantitative estimate of drug-likeness (QED) is 0.734.